The second-order valence-electron chi connectivity index (χ2n) is 5.00. The Morgan fingerprint density at radius 2 is 1.81 bits per heavy atom. The summed E-state index contributed by atoms with van der Waals surface area (Å²) in [6, 6.07) is 0. The number of esters is 1. The van der Waals surface area contributed by atoms with Crippen LogP contribution in [0.5, 0.6) is 0 Å². The molecule has 0 fully saturated rings. The maximum absolute atomic E-state index is 10.6. The Bertz CT molecular complexity index is 229. The first kappa shape index (κ1) is 15.3. The number of rotatable bonds is 6. The molecule has 0 unspecified atom stereocenters. The van der Waals surface area contributed by atoms with Gasteiger partial charge in [-0.2, -0.15) is 0 Å². The fourth-order valence-corrected chi connectivity index (χ4v) is 1.14. The lowest BCUT2D eigenvalue weighted by atomic mass is 9.92. The van der Waals surface area contributed by atoms with Crippen LogP contribution in [0, 0.1) is 0 Å². The largest absolute Gasteiger partial charge is 0.463 e. The molecular weight excluding hydrogens is 212 g/mol. The van der Waals surface area contributed by atoms with Crippen molar-refractivity contribution in [1.82, 2.24) is 0 Å². The average molecular weight is 234 g/mol. The molecule has 3 N–H and O–H groups in total. The van der Waals surface area contributed by atoms with Gasteiger partial charge in [0.2, 0.25) is 0 Å². The van der Waals surface area contributed by atoms with Gasteiger partial charge in [-0.3, -0.25) is 4.79 Å². The highest BCUT2D eigenvalue weighted by Gasteiger charge is 2.32. The van der Waals surface area contributed by atoms with Gasteiger partial charge in [0, 0.05) is 6.92 Å². The van der Waals surface area contributed by atoms with Crippen molar-refractivity contribution in [2.45, 2.75) is 57.8 Å². The second kappa shape index (κ2) is 5.61. The monoisotopic (exact) mass is 234 g/mol. The van der Waals surface area contributed by atoms with Gasteiger partial charge in [0.15, 0.2) is 0 Å². The van der Waals surface area contributed by atoms with Crippen LogP contribution < -0.4 is 0 Å². The summed E-state index contributed by atoms with van der Waals surface area (Å²) in [5.41, 5.74) is -2.38. The molecule has 96 valence electrons. The third-order valence-electron chi connectivity index (χ3n) is 2.32. The summed E-state index contributed by atoms with van der Waals surface area (Å²) in [6.45, 7) is 5.63. The van der Waals surface area contributed by atoms with Crippen LogP contribution in [0.4, 0.5) is 0 Å². The number of carbonyl (C=O) groups excluding carboxylic acids is 1. The van der Waals surface area contributed by atoms with Crippen LogP contribution in [0.15, 0.2) is 0 Å². The molecule has 0 aliphatic rings. The summed E-state index contributed by atoms with van der Waals surface area (Å²) in [7, 11) is 0. The van der Waals surface area contributed by atoms with Gasteiger partial charge in [-0.15, -0.1) is 0 Å². The molecule has 5 heteroatoms. The van der Waals surface area contributed by atoms with Crippen molar-refractivity contribution in [3.8, 4) is 0 Å². The lowest BCUT2D eigenvalue weighted by molar-refractivity contribution is -0.157. The fraction of sp³-hybridized carbons (Fsp3) is 0.909. The highest BCUT2D eigenvalue weighted by Crippen LogP contribution is 2.19. The van der Waals surface area contributed by atoms with Crippen molar-refractivity contribution in [2.24, 2.45) is 0 Å². The molecular formula is C11H22O5. The number of ether oxygens (including phenoxy) is 1. The minimum atomic E-state index is -1.49. The standard InChI is InChI=1S/C11H22O5/c1-8(12)16-7-11(4,15)9(13)5-6-10(2,3)14/h9,13-15H,5-7H2,1-4H3/t9-,11+/m0/s1. The van der Waals surface area contributed by atoms with E-state index in [-0.39, 0.29) is 13.0 Å². The maximum atomic E-state index is 10.6. The molecule has 0 heterocycles. The Labute approximate surface area is 96.0 Å². The van der Waals surface area contributed by atoms with E-state index in [1.165, 1.54) is 13.8 Å². The minimum Gasteiger partial charge on any atom is -0.463 e. The van der Waals surface area contributed by atoms with E-state index in [0.29, 0.717) is 6.42 Å². The van der Waals surface area contributed by atoms with E-state index in [9.17, 15) is 20.1 Å². The van der Waals surface area contributed by atoms with Gasteiger partial charge in [-0.1, -0.05) is 0 Å². The molecule has 0 saturated carbocycles. The first-order valence-corrected chi connectivity index (χ1v) is 5.31. The molecule has 0 aromatic rings. The number of hydrogen-bond donors (Lipinski definition) is 3. The van der Waals surface area contributed by atoms with Crippen LogP contribution in [-0.2, 0) is 9.53 Å². The Morgan fingerprint density at radius 3 is 2.19 bits per heavy atom. The van der Waals surface area contributed by atoms with Gasteiger partial charge in [0.1, 0.15) is 12.2 Å². The summed E-state index contributed by atoms with van der Waals surface area (Å²) in [5.74, 6) is -0.505. The zero-order valence-corrected chi connectivity index (χ0v) is 10.4. The predicted octanol–water partition coefficient (Wildman–Crippen LogP) is 0.212. The molecule has 0 saturated heterocycles. The molecule has 0 aliphatic heterocycles. The zero-order chi connectivity index (χ0) is 13.0. The van der Waals surface area contributed by atoms with Crippen LogP contribution in [0.2, 0.25) is 0 Å². The first-order chi connectivity index (χ1) is 7.04. The minimum absolute atomic E-state index is 0.234. The van der Waals surface area contributed by atoms with E-state index in [2.05, 4.69) is 4.74 Å². The van der Waals surface area contributed by atoms with Crippen molar-refractivity contribution in [3.63, 3.8) is 0 Å². The molecule has 0 bridgehead atoms. The van der Waals surface area contributed by atoms with E-state index in [0.717, 1.165) is 0 Å². The Balaban J connectivity index is 4.13. The van der Waals surface area contributed by atoms with Gasteiger partial charge >= 0.3 is 5.97 Å². The molecule has 0 rings (SSSR count). The molecule has 0 amide bonds. The number of hydrogen-bond acceptors (Lipinski definition) is 5. The molecule has 0 radical (unpaired) electrons. The number of carbonyl (C=O) groups is 1. The number of aliphatic hydroxyl groups is 3. The molecule has 0 aromatic heterocycles. The lowest BCUT2D eigenvalue weighted by Gasteiger charge is -2.30. The molecule has 5 nitrogen and oxygen atoms in total. The molecule has 0 spiro atoms. The summed E-state index contributed by atoms with van der Waals surface area (Å²) >= 11 is 0. The smallest absolute Gasteiger partial charge is 0.302 e. The van der Waals surface area contributed by atoms with Crippen molar-refractivity contribution in [2.75, 3.05) is 6.61 Å². The summed E-state index contributed by atoms with van der Waals surface area (Å²) < 4.78 is 4.65. The zero-order valence-electron chi connectivity index (χ0n) is 10.4. The van der Waals surface area contributed by atoms with E-state index in [1.54, 1.807) is 13.8 Å². The summed E-state index contributed by atoms with van der Waals surface area (Å²) in [4.78, 5) is 10.6. The highest BCUT2D eigenvalue weighted by atomic mass is 16.5. The van der Waals surface area contributed by atoms with Crippen molar-refractivity contribution >= 4 is 5.97 Å². The third kappa shape index (κ3) is 6.76. The molecule has 2 atom stereocenters. The Hall–Kier alpha value is -0.650. The fourth-order valence-electron chi connectivity index (χ4n) is 1.14. The van der Waals surface area contributed by atoms with Gasteiger partial charge in [0.25, 0.3) is 0 Å². The number of aliphatic hydroxyl groups excluding tert-OH is 1. The summed E-state index contributed by atoms with van der Waals surface area (Å²) in [6.07, 6.45) is -0.458. The van der Waals surface area contributed by atoms with Crippen molar-refractivity contribution in [3.05, 3.63) is 0 Å². The summed E-state index contributed by atoms with van der Waals surface area (Å²) in [5, 5.41) is 29.0. The van der Waals surface area contributed by atoms with Gasteiger partial charge in [-0.05, 0) is 33.6 Å². The van der Waals surface area contributed by atoms with Crippen LogP contribution in [0.1, 0.15) is 40.5 Å². The van der Waals surface area contributed by atoms with E-state index < -0.39 is 23.3 Å². The van der Waals surface area contributed by atoms with E-state index in [4.69, 9.17) is 0 Å². The molecule has 0 aromatic carbocycles. The van der Waals surface area contributed by atoms with Gasteiger partial charge < -0.3 is 20.1 Å². The molecule has 0 aliphatic carbocycles. The quantitative estimate of drug-likeness (QED) is 0.572. The third-order valence-corrected chi connectivity index (χ3v) is 2.32. The van der Waals surface area contributed by atoms with Crippen molar-refractivity contribution in [1.29, 1.82) is 0 Å². The average Bonchev–Trinajstić information content (AvgIpc) is 2.09. The van der Waals surface area contributed by atoms with E-state index in [1.807, 2.05) is 0 Å². The lowest BCUT2D eigenvalue weighted by Crippen LogP contribution is -2.44. The Kier molecular flexibility index (Phi) is 5.38. The van der Waals surface area contributed by atoms with Gasteiger partial charge in [-0.25, -0.2) is 0 Å². The predicted molar refractivity (Wildman–Crippen MR) is 58.8 cm³/mol. The highest BCUT2D eigenvalue weighted by molar-refractivity contribution is 5.65. The van der Waals surface area contributed by atoms with Crippen LogP contribution in [0.3, 0.4) is 0 Å². The second-order valence-corrected chi connectivity index (χ2v) is 5.00. The topological polar surface area (TPSA) is 87.0 Å². The van der Waals surface area contributed by atoms with Crippen LogP contribution >= 0.6 is 0 Å². The van der Waals surface area contributed by atoms with Gasteiger partial charge in [0.05, 0.1) is 11.7 Å². The normalized spacial score (nSPS) is 17.7. The van der Waals surface area contributed by atoms with Crippen LogP contribution in [0.25, 0.3) is 0 Å². The Morgan fingerprint density at radius 1 is 1.31 bits per heavy atom. The SMILES string of the molecule is CC(=O)OC[C@@](C)(O)[C@@H](O)CCC(C)(C)O. The van der Waals surface area contributed by atoms with Crippen molar-refractivity contribution < 1.29 is 24.9 Å². The maximum Gasteiger partial charge on any atom is 0.302 e. The first-order valence-electron chi connectivity index (χ1n) is 5.31. The van der Waals surface area contributed by atoms with Crippen LogP contribution in [-0.4, -0.2) is 45.2 Å². The van der Waals surface area contributed by atoms with E-state index >= 15 is 0 Å². The molecule has 16 heavy (non-hydrogen) atoms.